The molecule has 4 rings (SSSR count). The summed E-state index contributed by atoms with van der Waals surface area (Å²) in [6.07, 6.45) is 11.3. The smallest absolute Gasteiger partial charge is 0.0159 e. The third-order valence-corrected chi connectivity index (χ3v) is 5.56. The average Bonchev–Trinajstić information content (AvgIpc) is 2.96. The predicted octanol–water partition coefficient (Wildman–Crippen LogP) is 6.70. The molecule has 0 saturated heterocycles. The molecule has 0 radical (unpaired) electrons. The molecular formula is C27H25N. The summed E-state index contributed by atoms with van der Waals surface area (Å²) in [6.45, 7) is 4.64. The second kappa shape index (κ2) is 7.36. The molecule has 0 aliphatic heterocycles. The highest BCUT2D eigenvalue weighted by Crippen LogP contribution is 2.49. The normalized spacial score (nSPS) is 14.8. The molecule has 138 valence electrons. The molecule has 2 N–H and O–H groups in total. The van der Waals surface area contributed by atoms with Gasteiger partial charge in [0.05, 0.1) is 0 Å². The van der Waals surface area contributed by atoms with Crippen LogP contribution in [0.25, 0.3) is 28.3 Å². The maximum Gasteiger partial charge on any atom is 0.0159 e. The van der Waals surface area contributed by atoms with E-state index in [0.29, 0.717) is 0 Å². The van der Waals surface area contributed by atoms with Gasteiger partial charge >= 0.3 is 0 Å². The van der Waals surface area contributed by atoms with Crippen LogP contribution in [-0.4, -0.2) is 0 Å². The van der Waals surface area contributed by atoms with Crippen molar-refractivity contribution in [3.8, 4) is 22.3 Å². The number of allylic oxidation sites excluding steroid dienone is 4. The van der Waals surface area contributed by atoms with Crippen LogP contribution in [0.1, 0.15) is 30.5 Å². The molecule has 28 heavy (non-hydrogen) atoms. The second-order valence-corrected chi connectivity index (χ2v) is 7.68. The van der Waals surface area contributed by atoms with Crippen molar-refractivity contribution in [3.05, 3.63) is 114 Å². The van der Waals surface area contributed by atoms with Crippen molar-refractivity contribution in [2.24, 2.45) is 5.73 Å². The fraction of sp³-hybridized carbons (Fsp3) is 0.111. The minimum Gasteiger partial charge on any atom is -0.405 e. The Morgan fingerprint density at radius 2 is 1.36 bits per heavy atom. The molecule has 0 unspecified atom stereocenters. The monoisotopic (exact) mass is 363 g/mol. The van der Waals surface area contributed by atoms with E-state index < -0.39 is 0 Å². The first kappa shape index (κ1) is 18.1. The Hall–Kier alpha value is -3.32. The second-order valence-electron chi connectivity index (χ2n) is 7.68. The van der Waals surface area contributed by atoms with E-state index in [1.165, 1.54) is 45.1 Å². The van der Waals surface area contributed by atoms with Crippen molar-refractivity contribution in [3.63, 3.8) is 0 Å². The Labute approximate surface area is 167 Å². The molecule has 0 saturated carbocycles. The lowest BCUT2D eigenvalue weighted by molar-refractivity contribution is 0.660. The molecule has 1 heteroatoms. The first-order valence-corrected chi connectivity index (χ1v) is 9.68. The molecule has 3 aromatic rings. The van der Waals surface area contributed by atoms with E-state index in [1.807, 2.05) is 18.2 Å². The van der Waals surface area contributed by atoms with Gasteiger partial charge in [0.25, 0.3) is 0 Å². The van der Waals surface area contributed by atoms with Gasteiger partial charge in [-0.05, 0) is 57.3 Å². The molecule has 0 atom stereocenters. The highest BCUT2D eigenvalue weighted by atomic mass is 14.5. The van der Waals surface area contributed by atoms with Crippen molar-refractivity contribution in [2.45, 2.75) is 19.3 Å². The van der Waals surface area contributed by atoms with Gasteiger partial charge in [-0.15, -0.1) is 0 Å². The Kier molecular flexibility index (Phi) is 4.75. The van der Waals surface area contributed by atoms with Crippen LogP contribution in [0, 0.1) is 0 Å². The van der Waals surface area contributed by atoms with Gasteiger partial charge in [0, 0.05) is 5.41 Å². The Bertz CT molecular complexity index is 1080. The Morgan fingerprint density at radius 3 is 2.14 bits per heavy atom. The predicted molar refractivity (Wildman–Crippen MR) is 121 cm³/mol. The number of nitrogens with two attached hydrogens (primary N) is 1. The van der Waals surface area contributed by atoms with Gasteiger partial charge < -0.3 is 5.73 Å². The molecule has 0 spiro atoms. The van der Waals surface area contributed by atoms with Gasteiger partial charge in [0.2, 0.25) is 0 Å². The molecule has 0 amide bonds. The summed E-state index contributed by atoms with van der Waals surface area (Å²) >= 11 is 0. The van der Waals surface area contributed by atoms with Crippen LogP contribution in [0.5, 0.6) is 0 Å². The van der Waals surface area contributed by atoms with E-state index in [0.717, 1.165) is 0 Å². The maximum absolute atomic E-state index is 5.31. The summed E-state index contributed by atoms with van der Waals surface area (Å²) < 4.78 is 0. The van der Waals surface area contributed by atoms with Crippen molar-refractivity contribution in [2.75, 3.05) is 0 Å². The first-order chi connectivity index (χ1) is 13.6. The van der Waals surface area contributed by atoms with Crippen molar-refractivity contribution >= 4 is 6.08 Å². The molecule has 0 bridgehead atoms. The molecule has 0 heterocycles. The third-order valence-electron chi connectivity index (χ3n) is 5.56. The summed E-state index contributed by atoms with van der Waals surface area (Å²) in [5.74, 6) is 0. The third kappa shape index (κ3) is 3.20. The summed E-state index contributed by atoms with van der Waals surface area (Å²) in [4.78, 5) is 0. The Morgan fingerprint density at radius 1 is 0.679 bits per heavy atom. The van der Waals surface area contributed by atoms with Crippen molar-refractivity contribution in [1.29, 1.82) is 0 Å². The highest BCUT2D eigenvalue weighted by Gasteiger charge is 2.35. The fourth-order valence-electron chi connectivity index (χ4n) is 4.03. The van der Waals surface area contributed by atoms with E-state index in [2.05, 4.69) is 86.7 Å². The summed E-state index contributed by atoms with van der Waals surface area (Å²) in [7, 11) is 0. The van der Waals surface area contributed by atoms with Gasteiger partial charge in [-0.3, -0.25) is 0 Å². The van der Waals surface area contributed by atoms with Gasteiger partial charge in [-0.2, -0.15) is 0 Å². The van der Waals surface area contributed by atoms with Crippen LogP contribution in [0.4, 0.5) is 0 Å². The zero-order valence-electron chi connectivity index (χ0n) is 16.4. The fourth-order valence-corrected chi connectivity index (χ4v) is 4.03. The van der Waals surface area contributed by atoms with Gasteiger partial charge in [-0.25, -0.2) is 0 Å². The van der Waals surface area contributed by atoms with E-state index in [-0.39, 0.29) is 5.41 Å². The van der Waals surface area contributed by atoms with E-state index in [9.17, 15) is 0 Å². The van der Waals surface area contributed by atoms with Crippen LogP contribution in [0.3, 0.4) is 0 Å². The van der Waals surface area contributed by atoms with Crippen LogP contribution < -0.4 is 5.73 Å². The van der Waals surface area contributed by atoms with Crippen molar-refractivity contribution in [1.82, 2.24) is 0 Å². The van der Waals surface area contributed by atoms with Gasteiger partial charge in [0.15, 0.2) is 0 Å². The first-order valence-electron chi connectivity index (χ1n) is 9.68. The summed E-state index contributed by atoms with van der Waals surface area (Å²) in [6, 6.07) is 24.4. The van der Waals surface area contributed by atoms with Gasteiger partial charge in [0.1, 0.15) is 0 Å². The molecule has 1 nitrogen and oxygen atoms in total. The molecule has 1 aliphatic rings. The molecule has 0 fully saturated rings. The van der Waals surface area contributed by atoms with E-state index in [4.69, 9.17) is 5.73 Å². The van der Waals surface area contributed by atoms with Gasteiger partial charge in [-0.1, -0.05) is 98.8 Å². The number of hydrogen-bond acceptors (Lipinski definition) is 1. The number of fused-ring (bicyclic) bond motifs is 3. The summed E-state index contributed by atoms with van der Waals surface area (Å²) in [5.41, 5.74) is 14.6. The number of benzene rings is 3. The van der Waals surface area contributed by atoms with Crippen molar-refractivity contribution < 1.29 is 0 Å². The van der Waals surface area contributed by atoms with Crippen LogP contribution in [0.15, 0.2) is 97.2 Å². The molecular weight excluding hydrogens is 338 g/mol. The lowest BCUT2D eigenvalue weighted by Crippen LogP contribution is -2.14. The summed E-state index contributed by atoms with van der Waals surface area (Å²) in [5, 5.41) is 0. The van der Waals surface area contributed by atoms with Crippen LogP contribution in [-0.2, 0) is 5.41 Å². The molecule has 1 aliphatic carbocycles. The molecule has 0 aromatic heterocycles. The van der Waals surface area contributed by atoms with E-state index >= 15 is 0 Å². The largest absolute Gasteiger partial charge is 0.405 e. The zero-order chi connectivity index (χ0) is 19.6. The quantitative estimate of drug-likeness (QED) is 0.513. The SMILES string of the molecule is CC1(C)c2ccccc2-c2ccc(-c3ccc(\C=C/C=C\C=C\N)cc3)cc21. The number of rotatable bonds is 4. The Balaban J connectivity index is 1.63. The lowest BCUT2D eigenvalue weighted by Gasteiger charge is -2.22. The number of hydrogen-bond donors (Lipinski definition) is 1. The van der Waals surface area contributed by atoms with Crippen LogP contribution >= 0.6 is 0 Å². The highest BCUT2D eigenvalue weighted by molar-refractivity contribution is 5.83. The minimum atomic E-state index is 0.0366. The standard InChI is InChI=1S/C27H25N/c1-27(2)25-11-7-6-10-23(25)24-17-16-22(19-26(24)27)21-14-12-20(13-15-21)9-5-3-4-8-18-28/h3-19H,28H2,1-2H3/b4-3-,9-5-,18-8+. The molecule has 3 aromatic carbocycles. The van der Waals surface area contributed by atoms with E-state index in [1.54, 1.807) is 6.08 Å². The maximum atomic E-state index is 5.31. The topological polar surface area (TPSA) is 26.0 Å². The average molecular weight is 364 g/mol. The minimum absolute atomic E-state index is 0.0366. The lowest BCUT2D eigenvalue weighted by atomic mass is 9.81. The zero-order valence-corrected chi connectivity index (χ0v) is 16.4. The van der Waals surface area contributed by atoms with Crippen LogP contribution in [0.2, 0.25) is 0 Å².